The van der Waals surface area contributed by atoms with Gasteiger partial charge in [0.25, 0.3) is 5.91 Å². The van der Waals surface area contributed by atoms with Crippen LogP contribution in [-0.4, -0.2) is 102 Å². The second-order valence-corrected chi connectivity index (χ2v) is 10.3. The van der Waals surface area contributed by atoms with Gasteiger partial charge in [0.05, 0.1) is 43.7 Å². The molecule has 2 amide bonds. The van der Waals surface area contributed by atoms with E-state index >= 15 is 0 Å². The first-order valence-electron chi connectivity index (χ1n) is 12.9. The number of hydrogen-bond acceptors (Lipinski definition) is 8. The topological polar surface area (TPSA) is 108 Å². The lowest BCUT2D eigenvalue weighted by molar-refractivity contribution is -0.147. The molecule has 198 valence electrons. The number of piperidine rings is 2. The molecular weight excluding hydrogens is 467 g/mol. The molecule has 4 rings (SSSR count). The van der Waals surface area contributed by atoms with Crippen LogP contribution >= 0.6 is 0 Å². The zero-order valence-electron chi connectivity index (χ0n) is 21.2. The van der Waals surface area contributed by atoms with Gasteiger partial charge in [-0.2, -0.15) is 0 Å². The van der Waals surface area contributed by atoms with Gasteiger partial charge in [-0.15, -0.1) is 0 Å². The minimum Gasteiger partial charge on any atom is -0.376 e. The summed E-state index contributed by atoms with van der Waals surface area (Å²) in [5.74, 6) is -0.866. The average Bonchev–Trinajstić information content (AvgIpc) is 2.82. The number of Topliss-reactive ketones (excluding diaryl/α,β-unsaturated/α-hetero) is 1. The van der Waals surface area contributed by atoms with E-state index in [-0.39, 0.29) is 36.6 Å². The van der Waals surface area contributed by atoms with Gasteiger partial charge in [-0.25, -0.2) is 14.4 Å². The Morgan fingerprint density at radius 2 is 1.75 bits per heavy atom. The third-order valence-electron chi connectivity index (χ3n) is 7.38. The number of carbonyl (C=O) groups is 3. The van der Waals surface area contributed by atoms with Gasteiger partial charge in [-0.05, 0) is 52.6 Å². The molecule has 0 radical (unpaired) electrons. The quantitative estimate of drug-likeness (QED) is 0.497. The molecule has 0 aromatic carbocycles. The zero-order chi connectivity index (χ0) is 25.7. The lowest BCUT2D eigenvalue weighted by atomic mass is 9.83. The number of nitrogens with one attached hydrogen (secondary N) is 1. The summed E-state index contributed by atoms with van der Waals surface area (Å²) in [4.78, 5) is 51.8. The first-order valence-corrected chi connectivity index (χ1v) is 12.9. The molecule has 2 unspecified atom stereocenters. The van der Waals surface area contributed by atoms with E-state index in [4.69, 9.17) is 4.74 Å². The largest absolute Gasteiger partial charge is 0.376 e. The van der Waals surface area contributed by atoms with Crippen molar-refractivity contribution < 1.29 is 23.5 Å². The summed E-state index contributed by atoms with van der Waals surface area (Å²) in [7, 11) is 3.49. The molecule has 3 aliphatic rings. The molecule has 2 saturated heterocycles. The van der Waals surface area contributed by atoms with E-state index < -0.39 is 17.5 Å². The maximum atomic E-state index is 13.2. The number of nitrogens with zero attached hydrogens (tertiary/aromatic N) is 5. The van der Waals surface area contributed by atoms with Gasteiger partial charge in [-0.3, -0.25) is 14.4 Å². The number of carbonyl (C=O) groups excluding carboxylic acids is 3. The molecule has 3 heterocycles. The van der Waals surface area contributed by atoms with Crippen LogP contribution in [0.15, 0.2) is 12.4 Å². The lowest BCUT2D eigenvalue weighted by Crippen LogP contribution is -2.61. The highest BCUT2D eigenvalue weighted by atomic mass is 19.1. The van der Waals surface area contributed by atoms with E-state index in [0.717, 1.165) is 38.5 Å². The van der Waals surface area contributed by atoms with Crippen LogP contribution in [0.5, 0.6) is 0 Å². The number of likely N-dealkylation sites (tertiary alicyclic amines) is 1. The molecule has 10 nitrogen and oxygen atoms in total. The van der Waals surface area contributed by atoms with Crippen molar-refractivity contribution >= 4 is 23.5 Å². The number of aromatic nitrogens is 2. The van der Waals surface area contributed by atoms with Gasteiger partial charge in [0.15, 0.2) is 5.82 Å². The summed E-state index contributed by atoms with van der Waals surface area (Å²) in [6.45, 7) is 2.36. The molecule has 1 N–H and O–H groups in total. The van der Waals surface area contributed by atoms with Crippen LogP contribution in [0, 0.1) is 11.7 Å². The number of ether oxygens (including phenoxy) is 1. The molecule has 1 aliphatic carbocycles. The molecular formula is C25H37FN6O4. The summed E-state index contributed by atoms with van der Waals surface area (Å²) in [5.41, 5.74) is 0. The van der Waals surface area contributed by atoms with E-state index in [1.165, 1.54) is 12.4 Å². The minimum absolute atomic E-state index is 0.00370. The van der Waals surface area contributed by atoms with E-state index in [9.17, 15) is 18.8 Å². The van der Waals surface area contributed by atoms with E-state index in [1.807, 2.05) is 9.80 Å². The molecule has 3 fully saturated rings. The predicted octanol–water partition coefficient (Wildman–Crippen LogP) is 1.01. The fourth-order valence-electron chi connectivity index (χ4n) is 5.13. The van der Waals surface area contributed by atoms with Crippen molar-refractivity contribution in [3.63, 3.8) is 0 Å². The number of amides is 2. The van der Waals surface area contributed by atoms with Crippen molar-refractivity contribution in [2.75, 3.05) is 51.8 Å². The van der Waals surface area contributed by atoms with Crippen molar-refractivity contribution in [2.45, 2.75) is 63.1 Å². The summed E-state index contributed by atoms with van der Waals surface area (Å²) in [6, 6.07) is -0.629. The number of anilines is 1. The van der Waals surface area contributed by atoms with Crippen molar-refractivity contribution in [1.82, 2.24) is 25.1 Å². The van der Waals surface area contributed by atoms with Crippen molar-refractivity contribution in [2.24, 2.45) is 5.92 Å². The Labute approximate surface area is 211 Å². The Morgan fingerprint density at radius 1 is 1.06 bits per heavy atom. The number of rotatable bonds is 9. The molecule has 36 heavy (non-hydrogen) atoms. The van der Waals surface area contributed by atoms with E-state index in [0.29, 0.717) is 38.6 Å². The summed E-state index contributed by atoms with van der Waals surface area (Å²) in [5, 5.41) is 2.91. The summed E-state index contributed by atoms with van der Waals surface area (Å²) >= 11 is 0. The molecule has 0 bridgehead atoms. The average molecular weight is 505 g/mol. The highest BCUT2D eigenvalue weighted by Gasteiger charge is 2.40. The van der Waals surface area contributed by atoms with Gasteiger partial charge < -0.3 is 24.8 Å². The van der Waals surface area contributed by atoms with Gasteiger partial charge in [-0.1, -0.05) is 6.42 Å². The molecule has 0 spiro atoms. The number of likely N-dealkylation sites (N-methyl/N-ethyl adjacent to an activating group) is 1. The van der Waals surface area contributed by atoms with Crippen LogP contribution < -0.4 is 10.2 Å². The smallest absolute Gasteiger partial charge is 0.289 e. The second kappa shape index (κ2) is 12.1. The van der Waals surface area contributed by atoms with Crippen LogP contribution in [-0.2, 0) is 19.1 Å². The van der Waals surface area contributed by atoms with E-state index in [2.05, 4.69) is 15.3 Å². The SMILES string of the molecule is CN(C)CC(=O)C(=O)NC1CCCN(C(=O)C2CCC2)C1COC1CCN(c2ncc(F)cn2)CC1. The van der Waals surface area contributed by atoms with Crippen LogP contribution in [0.3, 0.4) is 0 Å². The number of halogens is 1. The van der Waals surface area contributed by atoms with Gasteiger partial charge in [0.2, 0.25) is 17.6 Å². The Morgan fingerprint density at radius 3 is 2.36 bits per heavy atom. The summed E-state index contributed by atoms with van der Waals surface area (Å²) in [6.07, 6.45) is 8.19. The fraction of sp³-hybridized carbons (Fsp3) is 0.720. The maximum Gasteiger partial charge on any atom is 0.289 e. The minimum atomic E-state index is -0.607. The maximum absolute atomic E-state index is 13.2. The zero-order valence-corrected chi connectivity index (χ0v) is 21.2. The van der Waals surface area contributed by atoms with E-state index in [1.54, 1.807) is 19.0 Å². The molecule has 2 atom stereocenters. The third-order valence-corrected chi connectivity index (χ3v) is 7.38. The fourth-order valence-corrected chi connectivity index (χ4v) is 5.13. The molecule has 1 aromatic heterocycles. The monoisotopic (exact) mass is 504 g/mol. The van der Waals surface area contributed by atoms with Crippen molar-refractivity contribution in [3.05, 3.63) is 18.2 Å². The van der Waals surface area contributed by atoms with Crippen molar-refractivity contribution in [3.8, 4) is 0 Å². The first kappa shape index (κ1) is 26.4. The van der Waals surface area contributed by atoms with Crippen LogP contribution in [0.4, 0.5) is 10.3 Å². The Hall–Kier alpha value is -2.66. The van der Waals surface area contributed by atoms with Gasteiger partial charge in [0.1, 0.15) is 0 Å². The van der Waals surface area contributed by atoms with Crippen molar-refractivity contribution in [1.29, 1.82) is 0 Å². The third kappa shape index (κ3) is 6.56. The molecule has 1 aromatic rings. The Kier molecular flexibility index (Phi) is 8.84. The van der Waals surface area contributed by atoms with Crippen LogP contribution in [0.2, 0.25) is 0 Å². The number of ketones is 1. The first-order chi connectivity index (χ1) is 17.3. The predicted molar refractivity (Wildman–Crippen MR) is 131 cm³/mol. The second-order valence-electron chi connectivity index (χ2n) is 10.3. The standard InChI is InChI=1S/C25H37FN6O4/c1-30(2)15-22(33)23(34)29-20-7-4-10-32(24(35)17-5-3-6-17)21(20)16-36-19-8-11-31(12-9-19)25-27-13-18(26)14-28-25/h13-14,17,19-21H,3-12,15-16H2,1-2H3,(H,29,34). The molecule has 11 heteroatoms. The normalized spacial score (nSPS) is 23.4. The molecule has 2 aliphatic heterocycles. The van der Waals surface area contributed by atoms with Crippen LogP contribution in [0.25, 0.3) is 0 Å². The van der Waals surface area contributed by atoms with Gasteiger partial charge in [0, 0.05) is 25.6 Å². The molecule has 1 saturated carbocycles. The lowest BCUT2D eigenvalue weighted by Gasteiger charge is -2.44. The highest BCUT2D eigenvalue weighted by molar-refractivity contribution is 6.37. The summed E-state index contributed by atoms with van der Waals surface area (Å²) < 4.78 is 19.4. The number of hydrogen-bond donors (Lipinski definition) is 1. The highest BCUT2D eigenvalue weighted by Crippen LogP contribution is 2.31. The Balaban J connectivity index is 1.37. The Bertz CT molecular complexity index is 918. The van der Waals surface area contributed by atoms with Gasteiger partial charge >= 0.3 is 0 Å². The van der Waals surface area contributed by atoms with Crippen LogP contribution in [0.1, 0.15) is 44.9 Å².